The lowest BCUT2D eigenvalue weighted by atomic mass is 10.1. The average Bonchev–Trinajstić information content (AvgIpc) is 1.88. The van der Waals surface area contributed by atoms with Crippen LogP contribution in [0.5, 0.6) is 0 Å². The lowest BCUT2D eigenvalue weighted by Crippen LogP contribution is -2.34. The Labute approximate surface area is 61.4 Å². The zero-order chi connectivity index (χ0) is 6.69. The van der Waals surface area contributed by atoms with Crippen LogP contribution in [0.1, 0.15) is 12.8 Å². The van der Waals surface area contributed by atoms with Crippen LogP contribution in [0.3, 0.4) is 0 Å². The van der Waals surface area contributed by atoms with Crippen LogP contribution in [0, 0.1) is 0 Å². The zero-order valence-corrected chi connectivity index (χ0v) is 6.53. The molecule has 0 aromatic heterocycles. The zero-order valence-electron chi connectivity index (χ0n) is 5.63. The van der Waals surface area contributed by atoms with E-state index in [-0.39, 0.29) is 5.44 Å². The van der Waals surface area contributed by atoms with Crippen molar-refractivity contribution in [3.05, 3.63) is 0 Å². The summed E-state index contributed by atoms with van der Waals surface area (Å²) >= 11 is 4.21. The Bertz CT molecular complexity index is 89.1. The number of nitrogens with one attached hydrogen (secondary N) is 1. The van der Waals surface area contributed by atoms with Crippen molar-refractivity contribution >= 4 is 12.6 Å². The van der Waals surface area contributed by atoms with E-state index in [9.17, 15) is 0 Å². The Balaban J connectivity index is 2.23. The minimum absolute atomic E-state index is 0.149. The molecule has 0 aromatic carbocycles. The van der Waals surface area contributed by atoms with Crippen molar-refractivity contribution in [2.45, 2.75) is 24.3 Å². The van der Waals surface area contributed by atoms with Crippen LogP contribution in [-0.2, 0) is 4.74 Å². The largest absolute Gasteiger partial charge is 0.368 e. The number of ether oxygens (including phenoxy) is 1. The van der Waals surface area contributed by atoms with Crippen molar-refractivity contribution in [3.63, 3.8) is 0 Å². The number of rotatable bonds is 1. The molecule has 2 atom stereocenters. The maximum absolute atomic E-state index is 5.23. The molecule has 1 fully saturated rings. The standard InChI is InChI=1S/C6H13NOS/c1-7-5-2-3-8-6(9)4-5/h5-7,9H,2-4H2,1H3. The fourth-order valence-corrected chi connectivity index (χ4v) is 1.40. The van der Waals surface area contributed by atoms with E-state index in [0.717, 1.165) is 19.4 Å². The molecule has 0 saturated carbocycles. The molecular weight excluding hydrogens is 134 g/mol. The Morgan fingerprint density at radius 1 is 1.67 bits per heavy atom. The number of thiol groups is 1. The summed E-state index contributed by atoms with van der Waals surface area (Å²) in [4.78, 5) is 0. The molecule has 1 aliphatic rings. The van der Waals surface area contributed by atoms with Gasteiger partial charge in [-0.3, -0.25) is 0 Å². The van der Waals surface area contributed by atoms with Crippen LogP contribution in [-0.4, -0.2) is 25.1 Å². The molecule has 2 unspecified atom stereocenters. The SMILES string of the molecule is CNC1CCOC(S)C1. The molecule has 1 aliphatic heterocycles. The van der Waals surface area contributed by atoms with Gasteiger partial charge in [-0.05, 0) is 19.9 Å². The highest BCUT2D eigenvalue weighted by atomic mass is 32.1. The van der Waals surface area contributed by atoms with Gasteiger partial charge >= 0.3 is 0 Å². The van der Waals surface area contributed by atoms with Crippen molar-refractivity contribution in [1.82, 2.24) is 5.32 Å². The highest BCUT2D eigenvalue weighted by molar-refractivity contribution is 7.80. The maximum atomic E-state index is 5.23. The summed E-state index contributed by atoms with van der Waals surface area (Å²) in [5, 5.41) is 3.21. The second-order valence-electron chi connectivity index (χ2n) is 2.34. The molecule has 0 radical (unpaired) electrons. The van der Waals surface area contributed by atoms with Gasteiger partial charge in [-0.2, -0.15) is 0 Å². The van der Waals surface area contributed by atoms with Gasteiger partial charge in [-0.15, -0.1) is 12.6 Å². The minimum Gasteiger partial charge on any atom is -0.368 e. The first-order valence-corrected chi connectivity index (χ1v) is 3.81. The van der Waals surface area contributed by atoms with E-state index in [1.54, 1.807) is 0 Å². The first kappa shape index (κ1) is 7.38. The van der Waals surface area contributed by atoms with Gasteiger partial charge in [0.1, 0.15) is 5.44 Å². The molecule has 9 heavy (non-hydrogen) atoms. The van der Waals surface area contributed by atoms with Gasteiger partial charge in [-0.1, -0.05) is 0 Å². The van der Waals surface area contributed by atoms with E-state index in [2.05, 4.69) is 17.9 Å². The summed E-state index contributed by atoms with van der Waals surface area (Å²) in [6.45, 7) is 0.847. The van der Waals surface area contributed by atoms with Gasteiger partial charge in [0.15, 0.2) is 0 Å². The third kappa shape index (κ3) is 2.16. The van der Waals surface area contributed by atoms with Gasteiger partial charge in [-0.25, -0.2) is 0 Å². The van der Waals surface area contributed by atoms with Gasteiger partial charge in [0, 0.05) is 12.6 Å². The fourth-order valence-electron chi connectivity index (χ4n) is 1.04. The monoisotopic (exact) mass is 147 g/mol. The lowest BCUT2D eigenvalue weighted by molar-refractivity contribution is 0.0582. The van der Waals surface area contributed by atoms with Crippen LogP contribution < -0.4 is 5.32 Å². The maximum Gasteiger partial charge on any atom is 0.101 e. The van der Waals surface area contributed by atoms with Crippen LogP contribution in [0.4, 0.5) is 0 Å². The molecule has 1 rings (SSSR count). The second-order valence-corrected chi connectivity index (χ2v) is 2.91. The molecule has 1 N–H and O–H groups in total. The third-order valence-electron chi connectivity index (χ3n) is 1.67. The highest BCUT2D eigenvalue weighted by Gasteiger charge is 2.17. The smallest absolute Gasteiger partial charge is 0.101 e. The topological polar surface area (TPSA) is 21.3 Å². The predicted octanol–water partition coefficient (Wildman–Crippen LogP) is 0.641. The normalized spacial score (nSPS) is 36.7. The summed E-state index contributed by atoms with van der Waals surface area (Å²) < 4.78 is 5.23. The summed E-state index contributed by atoms with van der Waals surface area (Å²) in [7, 11) is 1.98. The van der Waals surface area contributed by atoms with Gasteiger partial charge in [0.25, 0.3) is 0 Å². The van der Waals surface area contributed by atoms with Crippen molar-refractivity contribution < 1.29 is 4.74 Å². The van der Waals surface area contributed by atoms with E-state index in [1.807, 2.05) is 7.05 Å². The van der Waals surface area contributed by atoms with Crippen LogP contribution in [0.25, 0.3) is 0 Å². The number of hydrogen-bond donors (Lipinski definition) is 2. The fraction of sp³-hybridized carbons (Fsp3) is 1.00. The summed E-state index contributed by atoms with van der Waals surface area (Å²) in [5.74, 6) is 0. The Morgan fingerprint density at radius 2 is 2.44 bits per heavy atom. The second kappa shape index (κ2) is 3.44. The molecular formula is C6H13NOS. The van der Waals surface area contributed by atoms with Crippen LogP contribution in [0.15, 0.2) is 0 Å². The molecule has 54 valence electrons. The van der Waals surface area contributed by atoms with Gasteiger partial charge < -0.3 is 10.1 Å². The van der Waals surface area contributed by atoms with Gasteiger partial charge in [0.2, 0.25) is 0 Å². The van der Waals surface area contributed by atoms with Crippen molar-refractivity contribution in [2.75, 3.05) is 13.7 Å². The summed E-state index contributed by atoms with van der Waals surface area (Å²) in [5.41, 5.74) is 0.149. The molecule has 0 bridgehead atoms. The van der Waals surface area contributed by atoms with Crippen molar-refractivity contribution in [3.8, 4) is 0 Å². The molecule has 0 aliphatic carbocycles. The first-order valence-electron chi connectivity index (χ1n) is 3.30. The summed E-state index contributed by atoms with van der Waals surface area (Å²) in [6, 6.07) is 0.612. The van der Waals surface area contributed by atoms with Crippen LogP contribution >= 0.6 is 12.6 Å². The van der Waals surface area contributed by atoms with Crippen molar-refractivity contribution in [2.24, 2.45) is 0 Å². The van der Waals surface area contributed by atoms with E-state index < -0.39 is 0 Å². The average molecular weight is 147 g/mol. The minimum atomic E-state index is 0.149. The van der Waals surface area contributed by atoms with Crippen molar-refractivity contribution in [1.29, 1.82) is 0 Å². The van der Waals surface area contributed by atoms with Crippen LogP contribution in [0.2, 0.25) is 0 Å². The quantitative estimate of drug-likeness (QED) is 0.531. The Hall–Kier alpha value is 0.270. The van der Waals surface area contributed by atoms with E-state index >= 15 is 0 Å². The lowest BCUT2D eigenvalue weighted by Gasteiger charge is -2.25. The highest BCUT2D eigenvalue weighted by Crippen LogP contribution is 2.15. The molecule has 1 heterocycles. The number of hydrogen-bond acceptors (Lipinski definition) is 3. The molecule has 0 spiro atoms. The molecule has 2 nitrogen and oxygen atoms in total. The summed E-state index contributed by atoms with van der Waals surface area (Å²) in [6.07, 6.45) is 2.15. The van der Waals surface area contributed by atoms with E-state index in [4.69, 9.17) is 4.74 Å². The van der Waals surface area contributed by atoms with E-state index in [0.29, 0.717) is 6.04 Å². The molecule has 3 heteroatoms. The first-order chi connectivity index (χ1) is 4.33. The van der Waals surface area contributed by atoms with E-state index in [1.165, 1.54) is 0 Å². The molecule has 1 saturated heterocycles. The Morgan fingerprint density at radius 3 is 2.89 bits per heavy atom. The predicted molar refractivity (Wildman–Crippen MR) is 40.8 cm³/mol. The van der Waals surface area contributed by atoms with Gasteiger partial charge in [0.05, 0.1) is 0 Å². The Kier molecular flexibility index (Phi) is 2.82. The molecule has 0 amide bonds. The third-order valence-corrected chi connectivity index (χ3v) is 2.03. The molecule has 0 aromatic rings.